The standard InChI is InChI=1S/C9H19N/c1-6-7(2)8(3)9(4)10-5/h6,8-10H,1-5H3/b7-6-. The molecule has 0 aromatic rings. The summed E-state index contributed by atoms with van der Waals surface area (Å²) in [6.07, 6.45) is 2.18. The van der Waals surface area contributed by atoms with E-state index >= 15 is 0 Å². The van der Waals surface area contributed by atoms with Crippen molar-refractivity contribution in [1.82, 2.24) is 5.32 Å². The predicted molar refractivity (Wildman–Crippen MR) is 47.1 cm³/mol. The van der Waals surface area contributed by atoms with E-state index in [1.54, 1.807) is 0 Å². The highest BCUT2D eigenvalue weighted by Gasteiger charge is 2.09. The highest BCUT2D eigenvalue weighted by Crippen LogP contribution is 2.12. The third-order valence-electron chi connectivity index (χ3n) is 2.38. The van der Waals surface area contributed by atoms with Crippen LogP contribution in [0.5, 0.6) is 0 Å². The number of allylic oxidation sites excluding steroid dienone is 1. The lowest BCUT2D eigenvalue weighted by Gasteiger charge is -2.19. The summed E-state index contributed by atoms with van der Waals surface area (Å²) in [5, 5.41) is 3.24. The molecule has 0 aliphatic rings. The van der Waals surface area contributed by atoms with Crippen LogP contribution in [-0.4, -0.2) is 13.1 Å². The Kier molecular flexibility index (Phi) is 4.37. The van der Waals surface area contributed by atoms with Gasteiger partial charge in [-0.15, -0.1) is 0 Å². The minimum atomic E-state index is 0.580. The molecule has 0 radical (unpaired) electrons. The third-order valence-corrected chi connectivity index (χ3v) is 2.38. The van der Waals surface area contributed by atoms with Gasteiger partial charge in [-0.3, -0.25) is 0 Å². The van der Waals surface area contributed by atoms with E-state index in [2.05, 4.69) is 39.1 Å². The van der Waals surface area contributed by atoms with Crippen LogP contribution in [0.1, 0.15) is 27.7 Å². The Bertz CT molecular complexity index is 116. The first-order chi connectivity index (χ1) is 4.63. The van der Waals surface area contributed by atoms with Crippen molar-refractivity contribution in [3.05, 3.63) is 11.6 Å². The van der Waals surface area contributed by atoms with Crippen LogP contribution in [-0.2, 0) is 0 Å². The van der Waals surface area contributed by atoms with Crippen molar-refractivity contribution in [1.29, 1.82) is 0 Å². The Morgan fingerprint density at radius 3 is 2.20 bits per heavy atom. The van der Waals surface area contributed by atoms with Crippen LogP contribution in [0.25, 0.3) is 0 Å². The van der Waals surface area contributed by atoms with Crippen LogP contribution in [0.3, 0.4) is 0 Å². The summed E-state index contributed by atoms with van der Waals surface area (Å²) >= 11 is 0. The Morgan fingerprint density at radius 2 is 1.90 bits per heavy atom. The number of hydrogen-bond acceptors (Lipinski definition) is 1. The molecule has 10 heavy (non-hydrogen) atoms. The van der Waals surface area contributed by atoms with Gasteiger partial charge in [0.1, 0.15) is 0 Å². The van der Waals surface area contributed by atoms with Gasteiger partial charge in [0.2, 0.25) is 0 Å². The molecule has 0 spiro atoms. The average molecular weight is 141 g/mol. The van der Waals surface area contributed by atoms with Gasteiger partial charge in [-0.25, -0.2) is 0 Å². The summed E-state index contributed by atoms with van der Waals surface area (Å²) < 4.78 is 0. The van der Waals surface area contributed by atoms with Gasteiger partial charge in [-0.1, -0.05) is 18.6 Å². The molecule has 60 valence electrons. The smallest absolute Gasteiger partial charge is 0.00984 e. The molecule has 0 rings (SSSR count). The first-order valence-electron chi connectivity index (χ1n) is 3.93. The minimum Gasteiger partial charge on any atom is -0.317 e. The van der Waals surface area contributed by atoms with Crippen LogP contribution in [0, 0.1) is 5.92 Å². The molecular formula is C9H19N. The van der Waals surface area contributed by atoms with Gasteiger partial charge in [0.05, 0.1) is 0 Å². The zero-order valence-electron chi connectivity index (χ0n) is 7.73. The quantitative estimate of drug-likeness (QED) is 0.594. The van der Waals surface area contributed by atoms with E-state index in [0.717, 1.165) is 0 Å². The molecule has 0 saturated carbocycles. The SMILES string of the molecule is C/C=C(/C)C(C)C(C)NC. The fraction of sp³-hybridized carbons (Fsp3) is 0.778. The normalized spacial score (nSPS) is 18.7. The zero-order valence-corrected chi connectivity index (χ0v) is 7.73. The maximum atomic E-state index is 3.24. The molecule has 0 fully saturated rings. The summed E-state index contributed by atoms with van der Waals surface area (Å²) in [5.74, 6) is 0.648. The van der Waals surface area contributed by atoms with Crippen LogP contribution in [0.4, 0.5) is 0 Å². The molecule has 2 atom stereocenters. The lowest BCUT2D eigenvalue weighted by atomic mass is 9.95. The molecule has 0 aliphatic carbocycles. The maximum absolute atomic E-state index is 3.24. The summed E-state index contributed by atoms with van der Waals surface area (Å²) in [7, 11) is 2.00. The first-order valence-corrected chi connectivity index (χ1v) is 3.93. The van der Waals surface area contributed by atoms with Gasteiger partial charge in [-0.05, 0) is 33.7 Å². The van der Waals surface area contributed by atoms with Crippen molar-refractivity contribution in [2.24, 2.45) is 5.92 Å². The average Bonchev–Trinajstić information content (AvgIpc) is 2.00. The molecule has 0 aliphatic heterocycles. The molecule has 1 heteroatoms. The largest absolute Gasteiger partial charge is 0.317 e. The number of hydrogen-bond donors (Lipinski definition) is 1. The molecule has 0 saturated heterocycles. The molecule has 0 aromatic carbocycles. The van der Waals surface area contributed by atoms with E-state index in [0.29, 0.717) is 12.0 Å². The van der Waals surface area contributed by atoms with Crippen molar-refractivity contribution < 1.29 is 0 Å². The van der Waals surface area contributed by atoms with E-state index in [4.69, 9.17) is 0 Å². The Hall–Kier alpha value is -0.300. The Labute approximate surface area is 64.5 Å². The van der Waals surface area contributed by atoms with Gasteiger partial charge in [-0.2, -0.15) is 0 Å². The van der Waals surface area contributed by atoms with Crippen molar-refractivity contribution in [3.63, 3.8) is 0 Å². The number of rotatable bonds is 3. The van der Waals surface area contributed by atoms with E-state index in [9.17, 15) is 0 Å². The first kappa shape index (κ1) is 9.70. The predicted octanol–water partition coefficient (Wildman–Crippen LogP) is 2.20. The fourth-order valence-electron chi connectivity index (χ4n) is 0.907. The zero-order chi connectivity index (χ0) is 8.15. The lowest BCUT2D eigenvalue weighted by Crippen LogP contribution is -2.29. The molecule has 2 unspecified atom stereocenters. The van der Waals surface area contributed by atoms with Gasteiger partial charge in [0.15, 0.2) is 0 Å². The minimum absolute atomic E-state index is 0.580. The molecule has 1 nitrogen and oxygen atoms in total. The van der Waals surface area contributed by atoms with Crippen LogP contribution >= 0.6 is 0 Å². The maximum Gasteiger partial charge on any atom is 0.00984 e. The van der Waals surface area contributed by atoms with Gasteiger partial charge in [0, 0.05) is 6.04 Å². The molecule has 0 bridgehead atoms. The Balaban J connectivity index is 3.94. The second-order valence-electron chi connectivity index (χ2n) is 2.90. The second-order valence-corrected chi connectivity index (χ2v) is 2.90. The molecule has 0 amide bonds. The summed E-state index contributed by atoms with van der Waals surface area (Å²) in [5.41, 5.74) is 1.46. The highest BCUT2D eigenvalue weighted by atomic mass is 14.9. The van der Waals surface area contributed by atoms with E-state index in [1.165, 1.54) is 5.57 Å². The molecule has 0 aromatic heterocycles. The van der Waals surface area contributed by atoms with E-state index in [-0.39, 0.29) is 0 Å². The number of nitrogens with one attached hydrogen (secondary N) is 1. The van der Waals surface area contributed by atoms with Crippen molar-refractivity contribution in [2.75, 3.05) is 7.05 Å². The van der Waals surface area contributed by atoms with Crippen molar-refractivity contribution in [2.45, 2.75) is 33.7 Å². The third kappa shape index (κ3) is 2.53. The van der Waals surface area contributed by atoms with Crippen LogP contribution < -0.4 is 5.32 Å². The second kappa shape index (κ2) is 4.51. The Morgan fingerprint density at radius 1 is 1.40 bits per heavy atom. The van der Waals surface area contributed by atoms with Crippen molar-refractivity contribution >= 4 is 0 Å². The topological polar surface area (TPSA) is 12.0 Å². The van der Waals surface area contributed by atoms with Gasteiger partial charge >= 0.3 is 0 Å². The van der Waals surface area contributed by atoms with Crippen LogP contribution in [0.15, 0.2) is 11.6 Å². The van der Waals surface area contributed by atoms with Crippen LogP contribution in [0.2, 0.25) is 0 Å². The molecule has 1 N–H and O–H groups in total. The van der Waals surface area contributed by atoms with Gasteiger partial charge in [0.25, 0.3) is 0 Å². The highest BCUT2D eigenvalue weighted by molar-refractivity contribution is 5.02. The monoisotopic (exact) mass is 141 g/mol. The summed E-state index contributed by atoms with van der Waals surface area (Å²) in [4.78, 5) is 0. The summed E-state index contributed by atoms with van der Waals surface area (Å²) in [6, 6.07) is 0.580. The lowest BCUT2D eigenvalue weighted by molar-refractivity contribution is 0.478. The van der Waals surface area contributed by atoms with Crippen molar-refractivity contribution in [3.8, 4) is 0 Å². The molecule has 0 heterocycles. The van der Waals surface area contributed by atoms with Gasteiger partial charge < -0.3 is 5.32 Å². The fourth-order valence-corrected chi connectivity index (χ4v) is 0.907. The van der Waals surface area contributed by atoms with E-state index < -0.39 is 0 Å². The van der Waals surface area contributed by atoms with E-state index in [1.807, 2.05) is 7.05 Å². The summed E-state index contributed by atoms with van der Waals surface area (Å²) in [6.45, 7) is 8.72. The molecular weight excluding hydrogens is 122 g/mol.